The number of benzene rings is 2. The maximum Gasteiger partial charge on any atom is 0.270 e. The second-order valence-corrected chi connectivity index (χ2v) is 7.80. The number of aliphatic carboxylic acids is 1. The van der Waals surface area contributed by atoms with Crippen molar-refractivity contribution in [3.8, 4) is 0 Å². The monoisotopic (exact) mass is 488 g/mol. The van der Waals surface area contributed by atoms with Crippen LogP contribution >= 0.6 is 15.9 Å². The molecule has 0 heterocycles. The van der Waals surface area contributed by atoms with Crippen LogP contribution in [0.2, 0.25) is 0 Å². The van der Waals surface area contributed by atoms with E-state index in [4.69, 9.17) is 0 Å². The smallest absolute Gasteiger partial charge is 0.270 e. The number of carboxylic acid groups (broad SMARTS) is 1. The SMILES string of the molecule is CC(C)[C@H](NC(=O)/C(=C/c1cccc([N+](=O)[O-])c1)NC(=O)c1ccc(Br)cc1)C(=O)[O-]. The number of nitro groups is 1. The number of carbonyl (C=O) groups is 3. The largest absolute Gasteiger partial charge is 0.548 e. The molecule has 0 fully saturated rings. The van der Waals surface area contributed by atoms with Crippen LogP contribution in [0.4, 0.5) is 5.69 Å². The zero-order valence-corrected chi connectivity index (χ0v) is 18.2. The Morgan fingerprint density at radius 1 is 1.10 bits per heavy atom. The van der Waals surface area contributed by atoms with Crippen molar-refractivity contribution in [1.82, 2.24) is 10.6 Å². The van der Waals surface area contributed by atoms with Crippen molar-refractivity contribution >= 4 is 45.5 Å². The second kappa shape index (κ2) is 10.5. The van der Waals surface area contributed by atoms with Gasteiger partial charge in [0.25, 0.3) is 17.5 Å². The number of hydrogen-bond donors (Lipinski definition) is 2. The number of nitrogens with zero attached hydrogens (tertiary/aromatic N) is 1. The molecule has 0 aliphatic heterocycles. The molecule has 2 aromatic rings. The molecule has 9 nitrogen and oxygen atoms in total. The molecule has 0 aliphatic rings. The first kappa shape index (κ1) is 23.7. The first-order valence-electron chi connectivity index (χ1n) is 9.13. The van der Waals surface area contributed by atoms with Crippen LogP contribution in [0.3, 0.4) is 0 Å². The topological polar surface area (TPSA) is 141 Å². The van der Waals surface area contributed by atoms with Crippen LogP contribution in [-0.2, 0) is 9.59 Å². The number of rotatable bonds is 8. The highest BCUT2D eigenvalue weighted by molar-refractivity contribution is 9.10. The van der Waals surface area contributed by atoms with Crippen molar-refractivity contribution in [3.05, 3.63) is 79.9 Å². The summed E-state index contributed by atoms with van der Waals surface area (Å²) in [5, 5.41) is 27.1. The standard InChI is InChI=1S/C21H20BrN3O6/c1-12(2)18(21(28)29)24-20(27)17(11-13-4-3-5-16(10-13)25(30)31)23-19(26)14-6-8-15(22)9-7-14/h3-12,18H,1-2H3,(H,23,26)(H,24,27)(H,28,29)/p-1/b17-11-/t18-/m0/s1. The molecular formula is C21H19BrN3O6-. The Hall–Kier alpha value is -3.53. The van der Waals surface area contributed by atoms with Crippen molar-refractivity contribution < 1.29 is 24.4 Å². The average Bonchev–Trinajstić information content (AvgIpc) is 2.71. The Balaban J connectivity index is 2.40. The molecule has 0 bridgehead atoms. The number of nitrogens with one attached hydrogen (secondary N) is 2. The normalized spacial score (nSPS) is 12.2. The molecule has 0 spiro atoms. The van der Waals surface area contributed by atoms with Crippen molar-refractivity contribution in [1.29, 1.82) is 0 Å². The lowest BCUT2D eigenvalue weighted by atomic mass is 10.0. The van der Waals surface area contributed by atoms with Gasteiger partial charge in [0.1, 0.15) is 5.70 Å². The molecule has 1 atom stereocenters. The lowest BCUT2D eigenvalue weighted by Crippen LogP contribution is -2.52. The number of carboxylic acids is 1. The Labute approximate surface area is 186 Å². The summed E-state index contributed by atoms with van der Waals surface area (Å²) >= 11 is 3.26. The van der Waals surface area contributed by atoms with Crippen molar-refractivity contribution in [2.45, 2.75) is 19.9 Å². The second-order valence-electron chi connectivity index (χ2n) is 6.89. The summed E-state index contributed by atoms with van der Waals surface area (Å²) in [6.45, 7) is 3.18. The van der Waals surface area contributed by atoms with E-state index in [0.717, 1.165) is 4.47 Å². The predicted octanol–water partition coefficient (Wildman–Crippen LogP) is 2.02. The van der Waals surface area contributed by atoms with E-state index in [1.54, 1.807) is 26.0 Å². The first-order valence-corrected chi connectivity index (χ1v) is 9.92. The minimum atomic E-state index is -1.47. The third-order valence-electron chi connectivity index (χ3n) is 4.20. The summed E-state index contributed by atoms with van der Waals surface area (Å²) in [5.41, 5.74) is 0.0362. The van der Waals surface area contributed by atoms with Crippen LogP contribution in [0.1, 0.15) is 29.8 Å². The Bertz CT molecular complexity index is 1030. The minimum Gasteiger partial charge on any atom is -0.548 e. The number of non-ortho nitro benzene ring substituents is 1. The summed E-state index contributed by atoms with van der Waals surface area (Å²) in [6, 6.07) is 10.5. The quantitative estimate of drug-likeness (QED) is 0.330. The molecule has 0 radical (unpaired) electrons. The average molecular weight is 489 g/mol. The summed E-state index contributed by atoms with van der Waals surface area (Å²) < 4.78 is 0.753. The van der Waals surface area contributed by atoms with E-state index >= 15 is 0 Å². The Kier molecular flexibility index (Phi) is 8.03. The van der Waals surface area contributed by atoms with Crippen LogP contribution in [0.15, 0.2) is 58.7 Å². The molecule has 2 aromatic carbocycles. The van der Waals surface area contributed by atoms with Crippen LogP contribution in [0.25, 0.3) is 6.08 Å². The highest BCUT2D eigenvalue weighted by atomic mass is 79.9. The molecule has 0 saturated heterocycles. The maximum atomic E-state index is 12.8. The first-order chi connectivity index (χ1) is 14.6. The molecule has 10 heteroatoms. The van der Waals surface area contributed by atoms with Crippen molar-refractivity contribution in [2.24, 2.45) is 5.92 Å². The highest BCUT2D eigenvalue weighted by Gasteiger charge is 2.21. The number of amides is 2. The minimum absolute atomic E-state index is 0.206. The predicted molar refractivity (Wildman–Crippen MR) is 114 cm³/mol. The van der Waals surface area contributed by atoms with Gasteiger partial charge in [-0.25, -0.2) is 0 Å². The molecule has 0 aromatic heterocycles. The summed E-state index contributed by atoms with van der Waals surface area (Å²) in [6.07, 6.45) is 1.23. The molecule has 162 valence electrons. The molecule has 31 heavy (non-hydrogen) atoms. The molecule has 0 unspecified atom stereocenters. The van der Waals surface area contributed by atoms with Gasteiger partial charge < -0.3 is 20.5 Å². The zero-order valence-electron chi connectivity index (χ0n) is 16.6. The van der Waals surface area contributed by atoms with E-state index in [1.807, 2.05) is 0 Å². The highest BCUT2D eigenvalue weighted by Crippen LogP contribution is 2.16. The van der Waals surface area contributed by atoms with Gasteiger partial charge in [-0.2, -0.15) is 0 Å². The molecule has 2 N–H and O–H groups in total. The van der Waals surface area contributed by atoms with Crippen molar-refractivity contribution in [3.63, 3.8) is 0 Å². The number of hydrogen-bond acceptors (Lipinski definition) is 6. The van der Waals surface area contributed by atoms with E-state index < -0.39 is 34.7 Å². The van der Waals surface area contributed by atoms with Gasteiger partial charge in [-0.1, -0.05) is 41.9 Å². The fourth-order valence-corrected chi connectivity index (χ4v) is 2.83. The van der Waals surface area contributed by atoms with Crippen molar-refractivity contribution in [2.75, 3.05) is 0 Å². The molecule has 2 rings (SSSR count). The van der Waals surface area contributed by atoms with Gasteiger partial charge in [-0.3, -0.25) is 19.7 Å². The molecule has 2 amide bonds. The summed E-state index contributed by atoms with van der Waals surface area (Å²) in [5.74, 6) is -3.44. The van der Waals surface area contributed by atoms with Crippen LogP contribution in [0.5, 0.6) is 0 Å². The van der Waals surface area contributed by atoms with Gasteiger partial charge >= 0.3 is 0 Å². The van der Waals surface area contributed by atoms with Crippen LogP contribution in [0, 0.1) is 16.0 Å². The van der Waals surface area contributed by atoms with E-state index in [9.17, 15) is 29.6 Å². The van der Waals surface area contributed by atoms with E-state index in [2.05, 4.69) is 26.6 Å². The third kappa shape index (κ3) is 6.75. The molecular weight excluding hydrogens is 470 g/mol. The third-order valence-corrected chi connectivity index (χ3v) is 4.73. The van der Waals surface area contributed by atoms with Crippen LogP contribution in [-0.4, -0.2) is 28.7 Å². The number of carbonyl (C=O) groups excluding carboxylic acids is 3. The Morgan fingerprint density at radius 3 is 2.29 bits per heavy atom. The summed E-state index contributed by atoms with van der Waals surface area (Å²) in [4.78, 5) is 47.1. The fourth-order valence-electron chi connectivity index (χ4n) is 2.57. The molecule has 0 saturated carbocycles. The van der Waals surface area contributed by atoms with Gasteiger partial charge in [0.2, 0.25) is 0 Å². The van der Waals surface area contributed by atoms with E-state index in [0.29, 0.717) is 0 Å². The van der Waals surface area contributed by atoms with Gasteiger partial charge in [-0.15, -0.1) is 0 Å². The number of halogens is 1. The van der Waals surface area contributed by atoms with E-state index in [-0.39, 0.29) is 22.5 Å². The van der Waals surface area contributed by atoms with Gasteiger partial charge in [-0.05, 0) is 41.8 Å². The lowest BCUT2D eigenvalue weighted by Gasteiger charge is -2.24. The molecule has 0 aliphatic carbocycles. The van der Waals surface area contributed by atoms with Gasteiger partial charge in [0.15, 0.2) is 0 Å². The van der Waals surface area contributed by atoms with E-state index in [1.165, 1.54) is 42.5 Å². The zero-order chi connectivity index (χ0) is 23.1. The Morgan fingerprint density at radius 2 is 1.74 bits per heavy atom. The van der Waals surface area contributed by atoms with Crippen LogP contribution < -0.4 is 15.7 Å². The van der Waals surface area contributed by atoms with Gasteiger partial charge in [0.05, 0.1) is 16.9 Å². The maximum absolute atomic E-state index is 12.8. The summed E-state index contributed by atoms with van der Waals surface area (Å²) in [7, 11) is 0. The number of nitro benzene ring substituents is 1. The van der Waals surface area contributed by atoms with Gasteiger partial charge in [0, 0.05) is 22.2 Å². The lowest BCUT2D eigenvalue weighted by molar-refractivity contribution is -0.384. The fraction of sp³-hybridized carbons (Fsp3) is 0.190.